The molecule has 0 radical (unpaired) electrons. The molecule has 8 heteroatoms. The van der Waals surface area contributed by atoms with Gasteiger partial charge >= 0.3 is 0 Å². The van der Waals surface area contributed by atoms with Crippen LogP contribution in [-0.4, -0.2) is 51.9 Å². The Kier molecular flexibility index (Phi) is 5.26. The molecule has 0 unspecified atom stereocenters. The minimum atomic E-state index is 0.0781. The SMILES string of the molecule is CC(=O)N1CCc2c(nc(-c3ccccn3)nc2NCCC2CNNC2)C1. The van der Waals surface area contributed by atoms with E-state index in [1.165, 1.54) is 0 Å². The number of pyridine rings is 1. The predicted molar refractivity (Wildman–Crippen MR) is 103 cm³/mol. The Balaban J connectivity index is 1.60. The number of hydrogen-bond donors (Lipinski definition) is 3. The zero-order valence-electron chi connectivity index (χ0n) is 15.5. The van der Waals surface area contributed by atoms with E-state index in [1.807, 2.05) is 23.1 Å². The summed E-state index contributed by atoms with van der Waals surface area (Å²) in [5.41, 5.74) is 9.11. The third kappa shape index (κ3) is 4.06. The van der Waals surface area contributed by atoms with Gasteiger partial charge in [-0.2, -0.15) is 0 Å². The van der Waals surface area contributed by atoms with Gasteiger partial charge in [0.1, 0.15) is 11.5 Å². The number of anilines is 1. The van der Waals surface area contributed by atoms with E-state index >= 15 is 0 Å². The molecular formula is C19H25N7O. The zero-order valence-corrected chi connectivity index (χ0v) is 15.5. The van der Waals surface area contributed by atoms with Gasteiger partial charge in [0, 0.05) is 44.9 Å². The molecule has 0 bridgehead atoms. The molecule has 0 aromatic carbocycles. The fourth-order valence-electron chi connectivity index (χ4n) is 3.56. The van der Waals surface area contributed by atoms with Gasteiger partial charge in [0.2, 0.25) is 5.91 Å². The van der Waals surface area contributed by atoms with Gasteiger partial charge in [0.05, 0.1) is 12.2 Å². The number of nitrogens with zero attached hydrogens (tertiary/aromatic N) is 4. The largest absolute Gasteiger partial charge is 0.370 e. The fraction of sp³-hybridized carbons (Fsp3) is 0.474. The molecule has 4 rings (SSSR count). The molecule has 2 aliphatic heterocycles. The number of amides is 1. The van der Waals surface area contributed by atoms with Crippen LogP contribution in [0.2, 0.25) is 0 Å². The Hall–Kier alpha value is -2.58. The lowest BCUT2D eigenvalue weighted by atomic mass is 10.0. The summed E-state index contributed by atoms with van der Waals surface area (Å²) in [4.78, 5) is 27.5. The minimum absolute atomic E-state index is 0.0781. The monoisotopic (exact) mass is 367 g/mol. The molecule has 1 fully saturated rings. The summed E-state index contributed by atoms with van der Waals surface area (Å²) in [6.07, 6.45) is 3.58. The van der Waals surface area contributed by atoms with Crippen LogP contribution in [0.3, 0.4) is 0 Å². The molecule has 2 aromatic heterocycles. The number of aromatic nitrogens is 3. The summed E-state index contributed by atoms with van der Waals surface area (Å²) < 4.78 is 0. The average Bonchev–Trinajstić information content (AvgIpc) is 3.21. The Morgan fingerprint density at radius 3 is 2.89 bits per heavy atom. The van der Waals surface area contributed by atoms with E-state index in [4.69, 9.17) is 9.97 Å². The first-order chi connectivity index (χ1) is 13.2. The molecule has 27 heavy (non-hydrogen) atoms. The van der Waals surface area contributed by atoms with E-state index in [0.717, 1.165) is 55.2 Å². The summed E-state index contributed by atoms with van der Waals surface area (Å²) in [7, 11) is 0. The molecule has 0 aliphatic carbocycles. The smallest absolute Gasteiger partial charge is 0.219 e. The molecular weight excluding hydrogens is 342 g/mol. The van der Waals surface area contributed by atoms with Gasteiger partial charge in [-0.15, -0.1) is 0 Å². The van der Waals surface area contributed by atoms with Gasteiger partial charge in [0.25, 0.3) is 0 Å². The minimum Gasteiger partial charge on any atom is -0.370 e. The molecule has 3 N–H and O–H groups in total. The summed E-state index contributed by atoms with van der Waals surface area (Å²) in [6.45, 7) is 5.69. The molecule has 0 saturated carbocycles. The van der Waals surface area contributed by atoms with Gasteiger partial charge in [-0.25, -0.2) is 9.97 Å². The van der Waals surface area contributed by atoms with Crippen molar-refractivity contribution in [2.75, 3.05) is 31.5 Å². The topological polar surface area (TPSA) is 95.1 Å². The third-order valence-electron chi connectivity index (χ3n) is 5.16. The van der Waals surface area contributed by atoms with Crippen molar-refractivity contribution in [3.63, 3.8) is 0 Å². The van der Waals surface area contributed by atoms with E-state index in [0.29, 0.717) is 24.8 Å². The molecule has 1 amide bonds. The van der Waals surface area contributed by atoms with Crippen LogP contribution in [-0.2, 0) is 17.8 Å². The quantitative estimate of drug-likeness (QED) is 0.725. The van der Waals surface area contributed by atoms with Crippen LogP contribution in [0.15, 0.2) is 24.4 Å². The molecule has 142 valence electrons. The second-order valence-corrected chi connectivity index (χ2v) is 7.07. The van der Waals surface area contributed by atoms with Crippen molar-refractivity contribution < 1.29 is 4.79 Å². The van der Waals surface area contributed by atoms with Gasteiger partial charge in [-0.3, -0.25) is 20.6 Å². The van der Waals surface area contributed by atoms with Gasteiger partial charge in [-0.05, 0) is 30.9 Å². The normalized spacial score (nSPS) is 17.0. The van der Waals surface area contributed by atoms with E-state index in [9.17, 15) is 4.79 Å². The second-order valence-electron chi connectivity index (χ2n) is 7.07. The van der Waals surface area contributed by atoms with Crippen LogP contribution in [0, 0.1) is 5.92 Å². The highest BCUT2D eigenvalue weighted by atomic mass is 16.2. The van der Waals surface area contributed by atoms with Crippen molar-refractivity contribution in [3.8, 4) is 11.5 Å². The van der Waals surface area contributed by atoms with E-state index < -0.39 is 0 Å². The maximum atomic E-state index is 11.8. The Bertz CT molecular complexity index is 805. The molecule has 4 heterocycles. The Labute approximate surface area is 158 Å². The standard InChI is InChI=1S/C19H25N7O/c1-13(27)26-9-6-15-17(12-26)24-19(16-4-2-3-7-20-16)25-18(15)21-8-5-14-10-22-23-11-14/h2-4,7,14,22-23H,5-6,8-12H2,1H3,(H,21,24,25). The third-order valence-corrected chi connectivity index (χ3v) is 5.16. The summed E-state index contributed by atoms with van der Waals surface area (Å²) in [6, 6.07) is 5.72. The molecule has 2 aromatic rings. The maximum absolute atomic E-state index is 11.8. The van der Waals surface area contributed by atoms with Crippen molar-refractivity contribution in [2.24, 2.45) is 5.92 Å². The summed E-state index contributed by atoms with van der Waals surface area (Å²) in [5.74, 6) is 2.18. The summed E-state index contributed by atoms with van der Waals surface area (Å²) in [5, 5.41) is 3.52. The number of hydrogen-bond acceptors (Lipinski definition) is 7. The van der Waals surface area contributed by atoms with Crippen molar-refractivity contribution >= 4 is 11.7 Å². The highest BCUT2D eigenvalue weighted by molar-refractivity contribution is 5.74. The Morgan fingerprint density at radius 2 is 2.15 bits per heavy atom. The van der Waals surface area contributed by atoms with Crippen LogP contribution in [0.5, 0.6) is 0 Å². The first-order valence-corrected chi connectivity index (χ1v) is 9.47. The predicted octanol–water partition coefficient (Wildman–Crippen LogP) is 0.969. The van der Waals surface area contributed by atoms with Crippen LogP contribution in [0.25, 0.3) is 11.5 Å². The first kappa shape index (κ1) is 17.8. The van der Waals surface area contributed by atoms with E-state index in [1.54, 1.807) is 13.1 Å². The van der Waals surface area contributed by atoms with Crippen molar-refractivity contribution in [3.05, 3.63) is 35.7 Å². The van der Waals surface area contributed by atoms with Crippen LogP contribution < -0.4 is 16.2 Å². The lowest BCUT2D eigenvalue weighted by Crippen LogP contribution is -2.35. The molecule has 2 aliphatic rings. The summed E-state index contributed by atoms with van der Waals surface area (Å²) >= 11 is 0. The molecule has 1 saturated heterocycles. The zero-order chi connectivity index (χ0) is 18.6. The molecule has 0 spiro atoms. The van der Waals surface area contributed by atoms with E-state index in [-0.39, 0.29) is 5.91 Å². The average molecular weight is 367 g/mol. The molecule has 0 atom stereocenters. The van der Waals surface area contributed by atoms with Gasteiger partial charge in [0.15, 0.2) is 5.82 Å². The maximum Gasteiger partial charge on any atom is 0.219 e. The first-order valence-electron chi connectivity index (χ1n) is 9.47. The number of rotatable bonds is 5. The number of hydrazine groups is 1. The lowest BCUT2D eigenvalue weighted by Gasteiger charge is -2.28. The highest BCUT2D eigenvalue weighted by Crippen LogP contribution is 2.26. The van der Waals surface area contributed by atoms with Gasteiger partial charge < -0.3 is 10.2 Å². The van der Waals surface area contributed by atoms with Crippen molar-refractivity contribution in [2.45, 2.75) is 26.3 Å². The van der Waals surface area contributed by atoms with Crippen molar-refractivity contribution in [1.82, 2.24) is 30.7 Å². The van der Waals surface area contributed by atoms with Crippen LogP contribution in [0.1, 0.15) is 24.6 Å². The lowest BCUT2D eigenvalue weighted by molar-refractivity contribution is -0.129. The number of nitrogens with one attached hydrogen (secondary N) is 3. The van der Waals surface area contributed by atoms with Gasteiger partial charge in [-0.1, -0.05) is 6.07 Å². The second kappa shape index (κ2) is 7.98. The van der Waals surface area contributed by atoms with Crippen molar-refractivity contribution in [1.29, 1.82) is 0 Å². The van der Waals surface area contributed by atoms with Crippen LogP contribution >= 0.6 is 0 Å². The van der Waals surface area contributed by atoms with E-state index in [2.05, 4.69) is 21.2 Å². The Morgan fingerprint density at radius 1 is 1.30 bits per heavy atom. The number of carbonyl (C=O) groups excluding carboxylic acids is 1. The highest BCUT2D eigenvalue weighted by Gasteiger charge is 2.24. The van der Waals surface area contributed by atoms with Crippen LogP contribution in [0.4, 0.5) is 5.82 Å². The fourth-order valence-corrected chi connectivity index (χ4v) is 3.56. The number of fused-ring (bicyclic) bond motifs is 1. The molecule has 8 nitrogen and oxygen atoms in total. The number of carbonyl (C=O) groups is 1.